The summed E-state index contributed by atoms with van der Waals surface area (Å²) >= 11 is 1.65. The van der Waals surface area contributed by atoms with Crippen molar-refractivity contribution in [3.05, 3.63) is 48.5 Å². The maximum absolute atomic E-state index is 12.2. The molecule has 96 valence electrons. The predicted molar refractivity (Wildman–Crippen MR) is 74.7 cm³/mol. The van der Waals surface area contributed by atoms with Crippen LogP contribution in [0.5, 0.6) is 0 Å². The molecule has 0 radical (unpaired) electrons. The van der Waals surface area contributed by atoms with Crippen molar-refractivity contribution in [1.82, 2.24) is 5.48 Å². The van der Waals surface area contributed by atoms with Crippen LogP contribution in [-0.2, 0) is 4.84 Å². The van der Waals surface area contributed by atoms with Crippen LogP contribution in [0.2, 0.25) is 0 Å². The molecule has 0 fully saturated rings. The number of amides is 1. The molecule has 2 aromatic carbocycles. The number of hydrogen-bond donors (Lipinski definition) is 1. The summed E-state index contributed by atoms with van der Waals surface area (Å²) in [5.74, 6) is 0. The normalized spacial score (nSPS) is 12.6. The Morgan fingerprint density at radius 3 is 2.11 bits per heavy atom. The van der Waals surface area contributed by atoms with E-state index < -0.39 is 6.09 Å². The largest absolute Gasteiger partial charge is 0.437 e. The van der Waals surface area contributed by atoms with Crippen molar-refractivity contribution in [1.29, 1.82) is 0 Å². The van der Waals surface area contributed by atoms with Crippen LogP contribution >= 0.6 is 11.8 Å². The second-order valence-electron chi connectivity index (χ2n) is 3.95. The molecule has 5 heteroatoms. The van der Waals surface area contributed by atoms with Gasteiger partial charge in [0.2, 0.25) is 0 Å². The fourth-order valence-electron chi connectivity index (χ4n) is 2.03. The van der Waals surface area contributed by atoms with Gasteiger partial charge in [0.15, 0.2) is 0 Å². The smallest absolute Gasteiger partial charge is 0.353 e. The minimum Gasteiger partial charge on any atom is -0.353 e. The number of anilines is 2. The van der Waals surface area contributed by atoms with Gasteiger partial charge in [-0.2, -0.15) is 5.48 Å². The molecular formula is C14H12N2O2S. The average Bonchev–Trinajstić information content (AvgIpc) is 2.44. The third kappa shape index (κ3) is 2.07. The summed E-state index contributed by atoms with van der Waals surface area (Å²) in [6, 6.07) is 15.6. The van der Waals surface area contributed by atoms with E-state index >= 15 is 0 Å². The number of carbonyl (C=O) groups is 1. The molecule has 1 N–H and O–H groups in total. The van der Waals surface area contributed by atoms with Gasteiger partial charge in [0.1, 0.15) is 0 Å². The van der Waals surface area contributed by atoms with Crippen LogP contribution in [0.25, 0.3) is 0 Å². The van der Waals surface area contributed by atoms with Crippen molar-refractivity contribution in [3.8, 4) is 0 Å². The van der Waals surface area contributed by atoms with Gasteiger partial charge in [0.25, 0.3) is 0 Å². The number of hydroxylamine groups is 1. The fraction of sp³-hybridized carbons (Fsp3) is 0.0714. The molecule has 1 heterocycles. The molecule has 3 rings (SSSR count). The lowest BCUT2D eigenvalue weighted by Gasteiger charge is -2.29. The molecule has 1 aliphatic heterocycles. The van der Waals surface area contributed by atoms with Crippen LogP contribution < -0.4 is 10.4 Å². The number of fused-ring (bicyclic) bond motifs is 2. The third-order valence-electron chi connectivity index (χ3n) is 2.80. The van der Waals surface area contributed by atoms with Gasteiger partial charge >= 0.3 is 6.09 Å². The van der Waals surface area contributed by atoms with Crippen LogP contribution in [0.15, 0.2) is 58.3 Å². The van der Waals surface area contributed by atoms with E-state index in [1.54, 1.807) is 23.7 Å². The molecular weight excluding hydrogens is 260 g/mol. The Hall–Kier alpha value is -1.98. The van der Waals surface area contributed by atoms with Gasteiger partial charge in [-0.05, 0) is 24.3 Å². The highest BCUT2D eigenvalue weighted by atomic mass is 32.2. The van der Waals surface area contributed by atoms with Gasteiger partial charge in [0.05, 0.1) is 11.4 Å². The third-order valence-corrected chi connectivity index (χ3v) is 3.93. The quantitative estimate of drug-likeness (QED) is 0.806. The lowest BCUT2D eigenvalue weighted by atomic mass is 10.2. The molecule has 0 atom stereocenters. The van der Waals surface area contributed by atoms with Gasteiger partial charge in [-0.25, -0.2) is 9.69 Å². The van der Waals surface area contributed by atoms with E-state index in [4.69, 9.17) is 4.84 Å². The maximum atomic E-state index is 12.2. The highest BCUT2D eigenvalue weighted by Crippen LogP contribution is 2.47. The van der Waals surface area contributed by atoms with E-state index in [0.29, 0.717) is 0 Å². The van der Waals surface area contributed by atoms with Crippen LogP contribution in [0.4, 0.5) is 16.2 Å². The van der Waals surface area contributed by atoms with Crippen molar-refractivity contribution in [2.45, 2.75) is 9.79 Å². The standard InChI is InChI=1S/C14H12N2O2S/c1-15-18-14(17)16-10-6-2-4-8-12(10)19-13-9-5-3-7-11(13)16/h2-9,15H,1H3. The first-order valence-corrected chi connectivity index (χ1v) is 6.66. The van der Waals surface area contributed by atoms with Crippen LogP contribution in [0.1, 0.15) is 0 Å². The van der Waals surface area contributed by atoms with Crippen LogP contribution in [0, 0.1) is 0 Å². The molecule has 0 saturated carbocycles. The zero-order chi connectivity index (χ0) is 13.2. The first-order chi connectivity index (χ1) is 9.31. The number of nitrogens with one attached hydrogen (secondary N) is 1. The summed E-state index contributed by atoms with van der Waals surface area (Å²) in [6.07, 6.45) is -0.442. The monoisotopic (exact) mass is 272 g/mol. The zero-order valence-electron chi connectivity index (χ0n) is 10.3. The van der Waals surface area contributed by atoms with Gasteiger partial charge in [-0.1, -0.05) is 36.0 Å². The summed E-state index contributed by atoms with van der Waals surface area (Å²) in [5, 5.41) is 0. The zero-order valence-corrected chi connectivity index (χ0v) is 11.1. The number of para-hydroxylation sites is 2. The molecule has 0 aromatic heterocycles. The molecule has 1 aliphatic rings. The highest BCUT2D eigenvalue weighted by molar-refractivity contribution is 7.99. The number of carbonyl (C=O) groups excluding carboxylic acids is 1. The maximum Gasteiger partial charge on any atom is 0.437 e. The van der Waals surface area contributed by atoms with Crippen molar-refractivity contribution in [2.24, 2.45) is 0 Å². The molecule has 0 unspecified atom stereocenters. The fourth-order valence-corrected chi connectivity index (χ4v) is 3.09. The predicted octanol–water partition coefficient (Wildman–Crippen LogP) is 3.56. The van der Waals surface area contributed by atoms with Gasteiger partial charge < -0.3 is 4.84 Å². The Bertz CT molecular complexity index is 585. The van der Waals surface area contributed by atoms with E-state index in [1.165, 1.54) is 0 Å². The van der Waals surface area contributed by atoms with E-state index in [0.717, 1.165) is 21.2 Å². The lowest BCUT2D eigenvalue weighted by Crippen LogP contribution is -2.32. The molecule has 0 bridgehead atoms. The Morgan fingerprint density at radius 2 is 1.58 bits per heavy atom. The minimum atomic E-state index is -0.442. The van der Waals surface area contributed by atoms with Gasteiger partial charge in [-0.15, -0.1) is 0 Å². The molecule has 0 spiro atoms. The molecule has 2 aromatic rings. The Labute approximate surface area is 115 Å². The number of nitrogens with zero attached hydrogens (tertiary/aromatic N) is 1. The van der Waals surface area contributed by atoms with E-state index in [2.05, 4.69) is 5.48 Å². The van der Waals surface area contributed by atoms with Crippen LogP contribution in [0.3, 0.4) is 0 Å². The molecule has 0 saturated heterocycles. The first-order valence-electron chi connectivity index (χ1n) is 5.85. The molecule has 19 heavy (non-hydrogen) atoms. The van der Waals surface area contributed by atoms with Crippen LogP contribution in [-0.4, -0.2) is 13.1 Å². The number of benzene rings is 2. The van der Waals surface area contributed by atoms with Crippen molar-refractivity contribution < 1.29 is 9.63 Å². The van der Waals surface area contributed by atoms with Gasteiger partial charge in [-0.3, -0.25) is 0 Å². The summed E-state index contributed by atoms with van der Waals surface area (Å²) in [4.78, 5) is 20.7. The summed E-state index contributed by atoms with van der Waals surface area (Å²) in [5.41, 5.74) is 4.11. The second kappa shape index (κ2) is 4.95. The summed E-state index contributed by atoms with van der Waals surface area (Å²) < 4.78 is 0. The summed E-state index contributed by atoms with van der Waals surface area (Å²) in [6.45, 7) is 0. The Kier molecular flexibility index (Phi) is 3.15. The summed E-state index contributed by atoms with van der Waals surface area (Å²) in [7, 11) is 1.56. The molecule has 1 amide bonds. The number of rotatable bonds is 1. The van der Waals surface area contributed by atoms with E-state index in [1.807, 2.05) is 48.5 Å². The SMILES string of the molecule is CNOC(=O)N1c2ccccc2Sc2ccccc21. The Morgan fingerprint density at radius 1 is 1.05 bits per heavy atom. The van der Waals surface area contributed by atoms with E-state index in [-0.39, 0.29) is 0 Å². The Balaban J connectivity index is 2.14. The topological polar surface area (TPSA) is 41.6 Å². The van der Waals surface area contributed by atoms with Crippen molar-refractivity contribution in [3.63, 3.8) is 0 Å². The molecule has 4 nitrogen and oxygen atoms in total. The number of hydrogen-bond acceptors (Lipinski definition) is 4. The van der Waals surface area contributed by atoms with E-state index in [9.17, 15) is 4.79 Å². The van der Waals surface area contributed by atoms with Crippen molar-refractivity contribution in [2.75, 3.05) is 11.9 Å². The highest BCUT2D eigenvalue weighted by Gasteiger charge is 2.28. The van der Waals surface area contributed by atoms with Gasteiger partial charge in [0, 0.05) is 16.8 Å². The second-order valence-corrected chi connectivity index (χ2v) is 5.03. The first kappa shape index (κ1) is 12.1. The molecule has 0 aliphatic carbocycles. The minimum absolute atomic E-state index is 0.442. The van der Waals surface area contributed by atoms with Crippen molar-refractivity contribution >= 4 is 29.2 Å². The lowest BCUT2D eigenvalue weighted by molar-refractivity contribution is 0.112. The average molecular weight is 272 g/mol.